The molecule has 12 heavy (non-hydrogen) atoms. The number of alkyl halides is 1. The third-order valence-electron chi connectivity index (χ3n) is 2.12. The van der Waals surface area contributed by atoms with Crippen LogP contribution in [0.25, 0.3) is 0 Å². The zero-order valence-corrected chi connectivity index (χ0v) is 7.62. The van der Waals surface area contributed by atoms with Crippen molar-refractivity contribution in [3.05, 3.63) is 0 Å². The minimum Gasteiger partial charge on any atom is -0.382 e. The first-order chi connectivity index (χ1) is 5.70. The largest absolute Gasteiger partial charge is 0.382 e. The summed E-state index contributed by atoms with van der Waals surface area (Å²) < 4.78 is 28.4. The molecule has 5 heteroatoms. The van der Waals surface area contributed by atoms with E-state index < -0.39 is 18.3 Å². The topological polar surface area (TPSA) is 27.7 Å². The lowest BCUT2D eigenvalue weighted by Crippen LogP contribution is -2.33. The predicted molar refractivity (Wildman–Crippen MR) is 44.8 cm³/mol. The molecular weight excluding hydrogens is 162 g/mol. The van der Waals surface area contributed by atoms with E-state index in [9.17, 15) is 4.39 Å². The zero-order valence-electron chi connectivity index (χ0n) is 7.62. The van der Waals surface area contributed by atoms with Crippen LogP contribution in [0.1, 0.15) is 0 Å². The lowest BCUT2D eigenvalue weighted by atomic mass is 9.94. The maximum atomic E-state index is 13.2. The minimum atomic E-state index is -1.05. The van der Waals surface area contributed by atoms with E-state index in [-0.39, 0.29) is 6.10 Å². The van der Waals surface area contributed by atoms with Crippen LogP contribution in [0.3, 0.4) is 0 Å². The maximum Gasteiger partial charge on any atom is 0.147 e. The van der Waals surface area contributed by atoms with Gasteiger partial charge in [0, 0.05) is 14.2 Å². The Morgan fingerprint density at radius 3 is 2.67 bits per heavy atom. The van der Waals surface area contributed by atoms with Crippen molar-refractivity contribution in [1.82, 2.24) is 0 Å². The molecule has 0 aliphatic carbocycles. The predicted octanol–water partition coefficient (Wildman–Crippen LogP) is -0.656. The van der Waals surface area contributed by atoms with E-state index in [1.54, 1.807) is 15.0 Å². The van der Waals surface area contributed by atoms with Gasteiger partial charge in [0.1, 0.15) is 26.2 Å². The number of methoxy groups -OCH3 is 2. The second-order valence-electron chi connectivity index (χ2n) is 2.98. The summed E-state index contributed by atoms with van der Waals surface area (Å²) in [5.74, 6) is 0. The smallest absolute Gasteiger partial charge is 0.147 e. The van der Waals surface area contributed by atoms with Gasteiger partial charge in [-0.1, -0.05) is 0 Å². The fourth-order valence-electron chi connectivity index (χ4n) is 1.48. The highest BCUT2D eigenvalue weighted by Crippen LogP contribution is 2.24. The molecule has 3 nitrogen and oxygen atoms in total. The first-order valence-electron chi connectivity index (χ1n) is 4.02. The van der Waals surface area contributed by atoms with E-state index >= 15 is 0 Å². The lowest BCUT2D eigenvalue weighted by Gasteiger charge is -2.16. The molecule has 1 aliphatic heterocycles. The molecule has 0 spiro atoms. The van der Waals surface area contributed by atoms with Gasteiger partial charge in [0.05, 0.1) is 12.6 Å². The van der Waals surface area contributed by atoms with Gasteiger partial charge in [0.2, 0.25) is 0 Å². The molecule has 2 unspecified atom stereocenters. The maximum absolute atomic E-state index is 13.2. The van der Waals surface area contributed by atoms with Crippen LogP contribution in [-0.4, -0.2) is 53.1 Å². The van der Waals surface area contributed by atoms with Crippen molar-refractivity contribution < 1.29 is 18.6 Å². The number of hydrogen-bond donors (Lipinski definition) is 0. The first kappa shape index (κ1) is 9.96. The molecule has 1 heterocycles. The molecule has 1 saturated heterocycles. The second-order valence-corrected chi connectivity index (χ2v) is 2.98. The Balaban J connectivity index is 2.52. The molecule has 4 atom stereocenters. The van der Waals surface area contributed by atoms with Gasteiger partial charge in [-0.05, 0) is 0 Å². The normalized spacial score (nSPS) is 41.9. The van der Waals surface area contributed by atoms with E-state index in [2.05, 4.69) is 0 Å². The van der Waals surface area contributed by atoms with Crippen LogP contribution in [0, 0.1) is 0 Å². The van der Waals surface area contributed by atoms with Crippen LogP contribution >= 0.6 is 0 Å². The fraction of sp³-hybridized carbons (Fsp3) is 1.00. The Hall–Kier alpha value is -0.125. The van der Waals surface area contributed by atoms with E-state index in [1.165, 1.54) is 7.11 Å². The van der Waals surface area contributed by atoms with E-state index in [0.717, 1.165) is 0 Å². The van der Waals surface area contributed by atoms with Gasteiger partial charge in [-0.15, -0.1) is 0 Å². The first-order valence-corrected chi connectivity index (χ1v) is 4.02. The Morgan fingerprint density at radius 2 is 2.17 bits per heavy atom. The van der Waals surface area contributed by atoms with Gasteiger partial charge < -0.3 is 14.2 Å². The second kappa shape index (κ2) is 4.21. The summed E-state index contributed by atoms with van der Waals surface area (Å²) in [6, 6.07) is -0.393. The fourth-order valence-corrected chi connectivity index (χ4v) is 1.48. The summed E-state index contributed by atoms with van der Waals surface area (Å²) in [5.41, 5.74) is 0. The molecule has 0 amide bonds. The van der Waals surface area contributed by atoms with Gasteiger partial charge in [-0.2, -0.15) is 0 Å². The lowest BCUT2D eigenvalue weighted by molar-refractivity contribution is -0.0351. The van der Waals surface area contributed by atoms with Crippen molar-refractivity contribution in [3.63, 3.8) is 0 Å². The van der Waals surface area contributed by atoms with E-state index in [0.29, 0.717) is 6.61 Å². The Kier molecular flexibility index (Phi) is 3.49. The molecule has 0 radical (unpaired) electrons. The molecule has 0 aromatic rings. The van der Waals surface area contributed by atoms with Crippen LogP contribution in [0.2, 0.25) is 0 Å². The zero-order chi connectivity index (χ0) is 9.14. The Labute approximate surface area is 72.6 Å². The summed E-state index contributed by atoms with van der Waals surface area (Å²) in [4.78, 5) is 0. The van der Waals surface area contributed by atoms with Crippen molar-refractivity contribution in [2.45, 2.75) is 24.4 Å². The van der Waals surface area contributed by atoms with Gasteiger partial charge >= 0.3 is 0 Å². The molecule has 0 saturated carbocycles. The number of ether oxygens (including phenoxy) is 3. The van der Waals surface area contributed by atoms with Gasteiger partial charge in [-0.3, -0.25) is 0 Å². The summed E-state index contributed by atoms with van der Waals surface area (Å²) in [6.45, 7) is 0.378. The highest BCUT2D eigenvalue weighted by atomic mass is 19.1. The van der Waals surface area contributed by atoms with Crippen molar-refractivity contribution in [3.8, 4) is 0 Å². The molecule has 1 rings (SSSR count). The Bertz CT molecular complexity index is 147. The van der Waals surface area contributed by atoms with Gasteiger partial charge in [0.25, 0.3) is 0 Å². The van der Waals surface area contributed by atoms with Crippen LogP contribution < -0.4 is 0 Å². The summed E-state index contributed by atoms with van der Waals surface area (Å²) in [6.07, 6.45) is -1.81. The van der Waals surface area contributed by atoms with Crippen molar-refractivity contribution in [1.29, 1.82) is 0 Å². The molecule has 0 aromatic carbocycles. The SMILES string of the molecule is B[C@@H]1O[C@H](COC)C(OC)C1F. The van der Waals surface area contributed by atoms with Crippen LogP contribution in [-0.2, 0) is 14.2 Å². The van der Waals surface area contributed by atoms with Crippen LogP contribution in [0.4, 0.5) is 4.39 Å². The quantitative estimate of drug-likeness (QED) is 0.534. The molecule has 0 bridgehead atoms. The Morgan fingerprint density at radius 1 is 1.50 bits per heavy atom. The van der Waals surface area contributed by atoms with Crippen molar-refractivity contribution in [2.24, 2.45) is 0 Å². The van der Waals surface area contributed by atoms with Crippen molar-refractivity contribution >= 4 is 7.85 Å². The monoisotopic (exact) mass is 176 g/mol. The van der Waals surface area contributed by atoms with Crippen LogP contribution in [0.5, 0.6) is 0 Å². The average molecular weight is 176 g/mol. The molecule has 0 aromatic heterocycles. The van der Waals surface area contributed by atoms with E-state index in [1.807, 2.05) is 0 Å². The molecule has 1 fully saturated rings. The number of halogens is 1. The highest BCUT2D eigenvalue weighted by Gasteiger charge is 2.42. The average Bonchev–Trinajstić information content (AvgIpc) is 2.29. The molecular formula is C7H14BFO3. The van der Waals surface area contributed by atoms with Gasteiger partial charge in [-0.25, -0.2) is 4.39 Å². The number of hydrogen-bond acceptors (Lipinski definition) is 3. The minimum absolute atomic E-state index is 0.273. The summed E-state index contributed by atoms with van der Waals surface area (Å²) in [7, 11) is 4.75. The molecule has 1 aliphatic rings. The molecule has 0 N–H and O–H groups in total. The van der Waals surface area contributed by atoms with Crippen LogP contribution in [0.15, 0.2) is 0 Å². The van der Waals surface area contributed by atoms with E-state index in [4.69, 9.17) is 14.2 Å². The van der Waals surface area contributed by atoms with Crippen molar-refractivity contribution in [2.75, 3.05) is 20.8 Å². The standard InChI is InChI=1S/C7H14BFO3/c1-10-3-4-6(11-2)5(9)7(8)12-4/h4-7H,3,8H2,1-2H3/t4-,5?,6?,7-/m1/s1. The third kappa shape index (κ3) is 1.78. The van der Waals surface area contributed by atoms with Gasteiger partial charge in [0.15, 0.2) is 0 Å². The molecule has 70 valence electrons. The summed E-state index contributed by atoms with van der Waals surface area (Å²) in [5, 5.41) is 0. The third-order valence-corrected chi connectivity index (χ3v) is 2.12. The summed E-state index contributed by atoms with van der Waals surface area (Å²) >= 11 is 0. The highest BCUT2D eigenvalue weighted by molar-refractivity contribution is 6.11. The number of rotatable bonds is 3.